The molecule has 0 nitrogen and oxygen atoms in total. The third-order valence-electron chi connectivity index (χ3n) is 5.15. The van der Waals surface area contributed by atoms with E-state index in [0.29, 0.717) is 0 Å². The lowest BCUT2D eigenvalue weighted by atomic mass is 9.86. The Morgan fingerprint density at radius 3 is 1.29 bits per heavy atom. The molecule has 0 saturated heterocycles. The molecule has 0 aromatic heterocycles. The van der Waals surface area contributed by atoms with Crippen molar-refractivity contribution in [2.45, 2.75) is 38.5 Å². The van der Waals surface area contributed by atoms with Crippen LogP contribution in [0.15, 0.2) is 72.8 Å². The van der Waals surface area contributed by atoms with Gasteiger partial charge in [-0.3, -0.25) is 0 Å². The minimum atomic E-state index is 1.23. The zero-order chi connectivity index (χ0) is 16.2. The van der Waals surface area contributed by atoms with Gasteiger partial charge in [-0.25, -0.2) is 0 Å². The molecule has 120 valence electrons. The highest BCUT2D eigenvalue weighted by atomic mass is 14.2. The van der Waals surface area contributed by atoms with E-state index < -0.39 is 0 Å². The standard InChI is InChI=1S/C24H24/c1-2-6-16-22-18-24(20-13-9-4-10-14-20)23(17-21(22)15-5-1)19-11-7-3-8-12-19/h3-4,7-14,17-18H,1-2,5-6,15-16H2. The monoisotopic (exact) mass is 312 g/mol. The first-order valence-corrected chi connectivity index (χ1v) is 9.18. The predicted molar refractivity (Wildman–Crippen MR) is 103 cm³/mol. The summed E-state index contributed by atoms with van der Waals surface area (Å²) in [4.78, 5) is 0. The van der Waals surface area contributed by atoms with Gasteiger partial charge in [0.2, 0.25) is 0 Å². The van der Waals surface area contributed by atoms with E-state index >= 15 is 0 Å². The van der Waals surface area contributed by atoms with Crippen molar-refractivity contribution in [2.24, 2.45) is 0 Å². The quantitative estimate of drug-likeness (QED) is 0.495. The highest BCUT2D eigenvalue weighted by Crippen LogP contribution is 2.36. The van der Waals surface area contributed by atoms with Gasteiger partial charge in [0.1, 0.15) is 0 Å². The SMILES string of the molecule is c1ccc(-c2cc3c(cc2-c2ccccc2)CCCCCC3)cc1. The molecule has 0 aliphatic heterocycles. The molecule has 0 saturated carbocycles. The maximum absolute atomic E-state index is 2.47. The molecule has 0 heterocycles. The van der Waals surface area contributed by atoms with Crippen LogP contribution >= 0.6 is 0 Å². The molecule has 0 spiro atoms. The number of benzene rings is 3. The summed E-state index contributed by atoms with van der Waals surface area (Å²) in [5, 5.41) is 0. The van der Waals surface area contributed by atoms with Gasteiger partial charge in [-0.15, -0.1) is 0 Å². The lowest BCUT2D eigenvalue weighted by molar-refractivity contribution is 0.617. The Morgan fingerprint density at radius 2 is 0.875 bits per heavy atom. The molecule has 0 N–H and O–H groups in total. The van der Waals surface area contributed by atoms with Crippen molar-refractivity contribution in [1.29, 1.82) is 0 Å². The van der Waals surface area contributed by atoms with Gasteiger partial charge in [-0.2, -0.15) is 0 Å². The summed E-state index contributed by atoms with van der Waals surface area (Å²) in [6, 6.07) is 26.6. The predicted octanol–water partition coefficient (Wildman–Crippen LogP) is 6.68. The van der Waals surface area contributed by atoms with Gasteiger partial charge in [0.05, 0.1) is 0 Å². The molecule has 0 radical (unpaired) electrons. The summed E-state index contributed by atoms with van der Waals surface area (Å²) in [7, 11) is 0. The van der Waals surface area contributed by atoms with Crippen molar-refractivity contribution in [2.75, 3.05) is 0 Å². The van der Waals surface area contributed by atoms with Gasteiger partial charge < -0.3 is 0 Å². The van der Waals surface area contributed by atoms with Crippen LogP contribution in [0.3, 0.4) is 0 Å². The van der Waals surface area contributed by atoms with Crippen LogP contribution < -0.4 is 0 Å². The second kappa shape index (κ2) is 7.05. The summed E-state index contributed by atoms with van der Waals surface area (Å²) < 4.78 is 0. The van der Waals surface area contributed by atoms with Crippen molar-refractivity contribution in [3.8, 4) is 22.3 Å². The summed E-state index contributed by atoms with van der Waals surface area (Å²) in [5.74, 6) is 0. The van der Waals surface area contributed by atoms with E-state index in [0.717, 1.165) is 0 Å². The zero-order valence-electron chi connectivity index (χ0n) is 14.2. The van der Waals surface area contributed by atoms with Crippen LogP contribution in [-0.4, -0.2) is 0 Å². The molecular formula is C24H24. The molecule has 24 heavy (non-hydrogen) atoms. The van der Waals surface area contributed by atoms with Gasteiger partial charge in [0.15, 0.2) is 0 Å². The van der Waals surface area contributed by atoms with Crippen molar-refractivity contribution < 1.29 is 0 Å². The summed E-state index contributed by atoms with van der Waals surface area (Å²) in [6.45, 7) is 0. The van der Waals surface area contributed by atoms with Crippen LogP contribution in [0.4, 0.5) is 0 Å². The van der Waals surface area contributed by atoms with Crippen molar-refractivity contribution in [1.82, 2.24) is 0 Å². The first-order chi connectivity index (χ1) is 11.9. The topological polar surface area (TPSA) is 0 Å². The number of aryl methyl sites for hydroxylation is 2. The summed E-state index contributed by atoms with van der Waals surface area (Å²) >= 11 is 0. The summed E-state index contributed by atoms with van der Waals surface area (Å²) in [6.07, 6.45) is 7.85. The van der Waals surface area contributed by atoms with Gasteiger partial charge in [0.25, 0.3) is 0 Å². The molecule has 0 fully saturated rings. The highest BCUT2D eigenvalue weighted by molar-refractivity contribution is 5.84. The molecule has 0 heteroatoms. The van der Waals surface area contributed by atoms with E-state index in [1.54, 1.807) is 11.1 Å². The summed E-state index contributed by atoms with van der Waals surface area (Å²) in [5.41, 5.74) is 8.52. The van der Waals surface area contributed by atoms with Gasteiger partial charge >= 0.3 is 0 Å². The molecule has 1 aliphatic rings. The minimum absolute atomic E-state index is 1.23. The fourth-order valence-electron chi connectivity index (χ4n) is 3.85. The third-order valence-corrected chi connectivity index (χ3v) is 5.15. The Kier molecular flexibility index (Phi) is 4.46. The van der Waals surface area contributed by atoms with Crippen LogP contribution in [0.5, 0.6) is 0 Å². The fourth-order valence-corrected chi connectivity index (χ4v) is 3.85. The van der Waals surface area contributed by atoms with E-state index in [1.807, 2.05) is 0 Å². The van der Waals surface area contributed by atoms with E-state index in [-0.39, 0.29) is 0 Å². The van der Waals surface area contributed by atoms with E-state index in [9.17, 15) is 0 Å². The minimum Gasteiger partial charge on any atom is -0.0622 e. The Bertz CT molecular complexity index is 730. The van der Waals surface area contributed by atoms with Crippen molar-refractivity contribution >= 4 is 0 Å². The average molecular weight is 312 g/mol. The van der Waals surface area contributed by atoms with Crippen LogP contribution in [0.25, 0.3) is 22.3 Å². The van der Waals surface area contributed by atoms with Gasteiger partial charge in [-0.1, -0.05) is 85.6 Å². The third kappa shape index (κ3) is 3.14. The second-order valence-corrected chi connectivity index (χ2v) is 6.81. The van der Waals surface area contributed by atoms with E-state index in [1.165, 1.54) is 60.8 Å². The molecule has 4 rings (SSSR count). The Labute approximate surface area is 145 Å². The number of fused-ring (bicyclic) bond motifs is 1. The molecule has 0 amide bonds. The molecule has 0 bridgehead atoms. The molecule has 0 atom stereocenters. The maximum atomic E-state index is 2.47. The lowest BCUT2D eigenvalue weighted by Crippen LogP contribution is -2.01. The average Bonchev–Trinajstić information content (AvgIpc) is 2.63. The number of hydrogen-bond donors (Lipinski definition) is 0. The van der Waals surface area contributed by atoms with Crippen LogP contribution in [0.2, 0.25) is 0 Å². The number of hydrogen-bond acceptors (Lipinski definition) is 0. The van der Waals surface area contributed by atoms with Crippen LogP contribution in [-0.2, 0) is 12.8 Å². The largest absolute Gasteiger partial charge is 0.0622 e. The van der Waals surface area contributed by atoms with Crippen molar-refractivity contribution in [3.63, 3.8) is 0 Å². The lowest BCUT2D eigenvalue weighted by Gasteiger charge is -2.19. The van der Waals surface area contributed by atoms with Crippen LogP contribution in [0, 0.1) is 0 Å². The first kappa shape index (κ1) is 15.2. The normalized spacial score (nSPS) is 14.5. The first-order valence-electron chi connectivity index (χ1n) is 9.18. The van der Waals surface area contributed by atoms with Crippen molar-refractivity contribution in [3.05, 3.63) is 83.9 Å². The molecule has 0 unspecified atom stereocenters. The van der Waals surface area contributed by atoms with E-state index in [4.69, 9.17) is 0 Å². The van der Waals surface area contributed by atoms with Gasteiger partial charge in [-0.05, 0) is 59.1 Å². The van der Waals surface area contributed by atoms with Crippen LogP contribution in [0.1, 0.15) is 36.8 Å². The maximum Gasteiger partial charge on any atom is -0.0102 e. The smallest absolute Gasteiger partial charge is 0.0102 e. The Hall–Kier alpha value is -2.34. The highest BCUT2D eigenvalue weighted by Gasteiger charge is 2.14. The Morgan fingerprint density at radius 1 is 0.458 bits per heavy atom. The molecule has 3 aromatic rings. The molecule has 1 aliphatic carbocycles. The second-order valence-electron chi connectivity index (χ2n) is 6.81. The van der Waals surface area contributed by atoms with E-state index in [2.05, 4.69) is 72.8 Å². The molecule has 3 aromatic carbocycles. The number of rotatable bonds is 2. The zero-order valence-corrected chi connectivity index (χ0v) is 14.2. The Balaban J connectivity index is 1.91. The molecular weight excluding hydrogens is 288 g/mol. The van der Waals surface area contributed by atoms with Gasteiger partial charge in [0, 0.05) is 0 Å². The fraction of sp³-hybridized carbons (Fsp3) is 0.250.